The summed E-state index contributed by atoms with van der Waals surface area (Å²) in [6.45, 7) is 0.916. The molecule has 7 atom stereocenters. The number of hydrogen-bond donors (Lipinski definition) is 3. The molecule has 7 unspecified atom stereocenters. The van der Waals surface area contributed by atoms with Gasteiger partial charge in [0.1, 0.15) is 0 Å². The SMILES string of the molecule is NCC1CCCC(C2C(C3CCCC(S)C3)CCCCCCCCCCCCCCCCCCC2C2CCCC(CCS)C2)CCC1. The van der Waals surface area contributed by atoms with Crippen LogP contribution in [0.2, 0.25) is 0 Å². The second-order valence-corrected chi connectivity index (χ2v) is 18.9. The van der Waals surface area contributed by atoms with E-state index in [1.807, 2.05) is 0 Å². The zero-order valence-corrected chi connectivity index (χ0v) is 33.2. The molecular formula is C44H83NS2. The van der Waals surface area contributed by atoms with Gasteiger partial charge in [-0.15, -0.1) is 0 Å². The molecule has 0 aromatic rings. The maximum atomic E-state index is 6.26. The van der Waals surface area contributed by atoms with Crippen LogP contribution in [0.1, 0.15) is 212 Å². The summed E-state index contributed by atoms with van der Waals surface area (Å²) in [7, 11) is 0. The van der Waals surface area contributed by atoms with Gasteiger partial charge in [0.2, 0.25) is 0 Å². The van der Waals surface area contributed by atoms with Crippen LogP contribution in [0.15, 0.2) is 0 Å². The first-order valence-electron chi connectivity index (χ1n) is 22.2. The smallest absolute Gasteiger partial charge is 0.00195 e. The average molecular weight is 690 g/mol. The van der Waals surface area contributed by atoms with Crippen molar-refractivity contribution >= 4 is 25.3 Å². The number of hydrogen-bond acceptors (Lipinski definition) is 3. The van der Waals surface area contributed by atoms with Crippen molar-refractivity contribution in [2.45, 2.75) is 217 Å². The maximum Gasteiger partial charge on any atom is 0.00195 e. The minimum absolute atomic E-state index is 0.648. The minimum atomic E-state index is 0.648. The molecule has 4 aliphatic rings. The summed E-state index contributed by atoms with van der Waals surface area (Å²) in [6.07, 6.45) is 48.6. The fourth-order valence-corrected chi connectivity index (χ4v) is 12.6. The zero-order valence-electron chi connectivity index (χ0n) is 31.4. The summed E-state index contributed by atoms with van der Waals surface area (Å²) in [6, 6.07) is 0. The Kier molecular flexibility index (Phi) is 21.3. The molecule has 0 spiro atoms. The van der Waals surface area contributed by atoms with E-state index in [2.05, 4.69) is 0 Å². The zero-order chi connectivity index (χ0) is 32.9. The van der Waals surface area contributed by atoms with Gasteiger partial charge in [0.25, 0.3) is 0 Å². The largest absolute Gasteiger partial charge is 0.330 e. The molecule has 276 valence electrons. The standard InChI is InChI=1S/C44H83NS2/c45-35-37-22-18-24-38(25-19-23-37)44-42(39-26-17-21-36(33-39)31-32-46)29-15-13-11-9-7-5-3-1-2-4-6-8-10-12-14-16-30-43(44)40-27-20-28-41(47)34-40/h36-44,46-47H,1-35,45H2. The first-order valence-corrected chi connectivity index (χ1v) is 23.3. The van der Waals surface area contributed by atoms with Crippen molar-refractivity contribution in [1.29, 1.82) is 0 Å². The van der Waals surface area contributed by atoms with Crippen LogP contribution in [-0.4, -0.2) is 17.5 Å². The van der Waals surface area contributed by atoms with E-state index in [1.165, 1.54) is 205 Å². The maximum absolute atomic E-state index is 6.26. The Bertz CT molecular complexity index is 745. The summed E-state index contributed by atoms with van der Waals surface area (Å²) in [5.74, 6) is 8.54. The van der Waals surface area contributed by atoms with E-state index >= 15 is 0 Å². The van der Waals surface area contributed by atoms with Crippen molar-refractivity contribution in [2.24, 2.45) is 53.1 Å². The topological polar surface area (TPSA) is 26.0 Å². The molecule has 4 aliphatic carbocycles. The Morgan fingerprint density at radius 1 is 0.404 bits per heavy atom. The second kappa shape index (κ2) is 24.8. The van der Waals surface area contributed by atoms with Gasteiger partial charge in [0, 0.05) is 5.25 Å². The van der Waals surface area contributed by atoms with Gasteiger partial charge in [0.05, 0.1) is 0 Å². The van der Waals surface area contributed by atoms with E-state index in [-0.39, 0.29) is 0 Å². The number of thiol groups is 2. The molecule has 0 saturated heterocycles. The predicted octanol–water partition coefficient (Wildman–Crippen LogP) is 14.0. The molecule has 4 fully saturated rings. The molecule has 4 rings (SSSR count). The Morgan fingerprint density at radius 2 is 0.809 bits per heavy atom. The molecule has 2 N–H and O–H groups in total. The highest BCUT2D eigenvalue weighted by Gasteiger charge is 2.43. The van der Waals surface area contributed by atoms with E-state index < -0.39 is 0 Å². The van der Waals surface area contributed by atoms with Gasteiger partial charge >= 0.3 is 0 Å². The summed E-state index contributed by atoms with van der Waals surface area (Å²) < 4.78 is 0. The van der Waals surface area contributed by atoms with Crippen LogP contribution < -0.4 is 5.73 Å². The van der Waals surface area contributed by atoms with Crippen LogP contribution in [0.3, 0.4) is 0 Å². The summed E-state index contributed by atoms with van der Waals surface area (Å²) in [5, 5.41) is 0.648. The highest BCUT2D eigenvalue weighted by Crippen LogP contribution is 2.52. The molecule has 3 heteroatoms. The quantitative estimate of drug-likeness (QED) is 0.238. The molecule has 0 aliphatic heterocycles. The average Bonchev–Trinajstić information content (AvgIpc) is 3.06. The van der Waals surface area contributed by atoms with E-state index in [4.69, 9.17) is 31.0 Å². The summed E-state index contributed by atoms with van der Waals surface area (Å²) in [5.41, 5.74) is 6.26. The summed E-state index contributed by atoms with van der Waals surface area (Å²) >= 11 is 9.95. The molecule has 0 heterocycles. The molecule has 0 amide bonds. The van der Waals surface area contributed by atoms with E-state index in [0.717, 1.165) is 59.6 Å². The van der Waals surface area contributed by atoms with Gasteiger partial charge in [-0.05, 0) is 111 Å². The van der Waals surface area contributed by atoms with Crippen LogP contribution in [0.5, 0.6) is 0 Å². The lowest BCUT2D eigenvalue weighted by Crippen LogP contribution is -2.41. The first kappa shape index (κ1) is 40.4. The molecule has 47 heavy (non-hydrogen) atoms. The third-order valence-corrected chi connectivity index (χ3v) is 15.1. The van der Waals surface area contributed by atoms with Gasteiger partial charge < -0.3 is 5.73 Å². The van der Waals surface area contributed by atoms with E-state index in [0.29, 0.717) is 5.25 Å². The van der Waals surface area contributed by atoms with Crippen molar-refractivity contribution in [3.05, 3.63) is 0 Å². The van der Waals surface area contributed by atoms with Crippen molar-refractivity contribution in [3.8, 4) is 0 Å². The van der Waals surface area contributed by atoms with E-state index in [1.54, 1.807) is 6.42 Å². The van der Waals surface area contributed by atoms with Crippen LogP contribution in [0.25, 0.3) is 0 Å². The third-order valence-electron chi connectivity index (χ3n) is 14.3. The lowest BCUT2D eigenvalue weighted by molar-refractivity contribution is 0.0109. The lowest BCUT2D eigenvalue weighted by atomic mass is 9.57. The highest BCUT2D eigenvalue weighted by molar-refractivity contribution is 7.81. The van der Waals surface area contributed by atoms with E-state index in [9.17, 15) is 0 Å². The first-order chi connectivity index (χ1) is 23.2. The van der Waals surface area contributed by atoms with Gasteiger partial charge in [-0.3, -0.25) is 0 Å². The van der Waals surface area contributed by atoms with Crippen molar-refractivity contribution in [2.75, 3.05) is 12.3 Å². The Balaban J connectivity index is 1.61. The van der Waals surface area contributed by atoms with Crippen molar-refractivity contribution in [1.82, 2.24) is 0 Å². The summed E-state index contributed by atoms with van der Waals surface area (Å²) in [4.78, 5) is 0. The van der Waals surface area contributed by atoms with Gasteiger partial charge in [-0.25, -0.2) is 0 Å². The normalized spacial score (nSPS) is 38.0. The van der Waals surface area contributed by atoms with Crippen LogP contribution in [0.4, 0.5) is 0 Å². The van der Waals surface area contributed by atoms with Crippen LogP contribution in [-0.2, 0) is 0 Å². The van der Waals surface area contributed by atoms with Crippen molar-refractivity contribution < 1.29 is 0 Å². The fourth-order valence-electron chi connectivity index (χ4n) is 11.7. The molecule has 0 aromatic heterocycles. The number of rotatable bonds is 6. The highest BCUT2D eigenvalue weighted by atomic mass is 32.1. The number of nitrogens with two attached hydrogens (primary N) is 1. The van der Waals surface area contributed by atoms with Gasteiger partial charge in [-0.1, -0.05) is 161 Å². The lowest BCUT2D eigenvalue weighted by Gasteiger charge is -2.49. The van der Waals surface area contributed by atoms with Gasteiger partial charge in [-0.2, -0.15) is 25.3 Å². The molecule has 1 nitrogen and oxygen atoms in total. The van der Waals surface area contributed by atoms with Crippen LogP contribution >= 0.6 is 25.3 Å². The molecule has 0 aromatic carbocycles. The fraction of sp³-hybridized carbons (Fsp3) is 1.00. The molecule has 0 radical (unpaired) electrons. The monoisotopic (exact) mass is 690 g/mol. The Morgan fingerprint density at radius 3 is 1.26 bits per heavy atom. The Hall–Kier alpha value is 0.660. The molecule has 4 saturated carbocycles. The molecular weight excluding hydrogens is 607 g/mol. The second-order valence-electron chi connectivity index (χ2n) is 17.7. The van der Waals surface area contributed by atoms with Crippen LogP contribution in [0, 0.1) is 47.3 Å². The Labute approximate surface area is 306 Å². The minimum Gasteiger partial charge on any atom is -0.330 e. The van der Waals surface area contributed by atoms with Gasteiger partial charge in [0.15, 0.2) is 0 Å². The molecule has 0 bridgehead atoms. The predicted molar refractivity (Wildman–Crippen MR) is 216 cm³/mol. The van der Waals surface area contributed by atoms with Crippen molar-refractivity contribution in [3.63, 3.8) is 0 Å². The third kappa shape index (κ3) is 15.0.